The number of allylic oxidation sites excluding steroid dienone is 5. The molecule has 0 radical (unpaired) electrons. The molecule has 0 aromatic carbocycles. The predicted octanol–water partition coefficient (Wildman–Crippen LogP) is 3.80. The van der Waals surface area contributed by atoms with Gasteiger partial charge in [-0.25, -0.2) is 0 Å². The van der Waals surface area contributed by atoms with Gasteiger partial charge in [0.15, 0.2) is 0 Å². The van der Waals surface area contributed by atoms with E-state index in [4.69, 9.17) is 11.6 Å². The molecule has 1 atom stereocenters. The van der Waals surface area contributed by atoms with E-state index in [-0.39, 0.29) is 6.10 Å². The molecule has 0 aliphatic carbocycles. The standard InChI is InChI=1S/C16H19ClO/c1-2-16(18)14-12-10-8-6-4-3-5-7-9-11-13-15-17/h6,8-9,11,13,15-16,18H,2,10,12,14H2,1H3/b8-6-,11-9-,15-13-. The van der Waals surface area contributed by atoms with E-state index in [1.54, 1.807) is 24.3 Å². The maximum absolute atomic E-state index is 9.33. The normalized spacial score (nSPS) is 12.4. The van der Waals surface area contributed by atoms with Crippen molar-refractivity contribution in [1.29, 1.82) is 0 Å². The van der Waals surface area contributed by atoms with E-state index in [1.165, 1.54) is 5.54 Å². The van der Waals surface area contributed by atoms with Gasteiger partial charge in [-0.05, 0) is 49.7 Å². The van der Waals surface area contributed by atoms with Crippen LogP contribution in [0.2, 0.25) is 0 Å². The molecule has 1 nitrogen and oxygen atoms in total. The number of aliphatic hydroxyl groups is 1. The first kappa shape index (κ1) is 16.6. The zero-order valence-electron chi connectivity index (χ0n) is 10.7. The largest absolute Gasteiger partial charge is 0.393 e. The van der Waals surface area contributed by atoms with Gasteiger partial charge in [-0.3, -0.25) is 0 Å². The molecule has 0 spiro atoms. The average Bonchev–Trinajstić information content (AvgIpc) is 2.39. The maximum Gasteiger partial charge on any atom is 0.0537 e. The maximum atomic E-state index is 9.33. The molecule has 0 heterocycles. The summed E-state index contributed by atoms with van der Waals surface area (Å²) in [6.45, 7) is 1.99. The molecule has 1 N–H and O–H groups in total. The van der Waals surface area contributed by atoms with Crippen molar-refractivity contribution in [2.24, 2.45) is 0 Å². The van der Waals surface area contributed by atoms with Crippen molar-refractivity contribution in [2.45, 2.75) is 38.7 Å². The molecular weight excluding hydrogens is 244 g/mol. The second-order valence-electron chi connectivity index (χ2n) is 3.61. The van der Waals surface area contributed by atoms with Gasteiger partial charge in [-0.15, -0.1) is 0 Å². The third kappa shape index (κ3) is 12.7. The lowest BCUT2D eigenvalue weighted by Gasteiger charge is -2.04. The molecule has 0 fully saturated rings. The Bertz CT molecular complexity index is 396. The molecule has 0 aromatic rings. The van der Waals surface area contributed by atoms with Crippen LogP contribution in [0.3, 0.4) is 0 Å². The second-order valence-corrected chi connectivity index (χ2v) is 3.86. The van der Waals surface area contributed by atoms with Crippen LogP contribution in [0.5, 0.6) is 0 Å². The summed E-state index contributed by atoms with van der Waals surface area (Å²) < 4.78 is 0. The van der Waals surface area contributed by atoms with Gasteiger partial charge in [0.05, 0.1) is 6.10 Å². The second kappa shape index (κ2) is 13.7. The first-order chi connectivity index (χ1) is 8.81. The molecule has 0 amide bonds. The third-order valence-electron chi connectivity index (χ3n) is 2.15. The molecule has 0 saturated carbocycles. The average molecular weight is 263 g/mol. The first-order valence-electron chi connectivity index (χ1n) is 6.07. The van der Waals surface area contributed by atoms with Crippen LogP contribution >= 0.6 is 11.6 Å². The Morgan fingerprint density at radius 3 is 2.56 bits per heavy atom. The number of halogens is 1. The van der Waals surface area contributed by atoms with Gasteiger partial charge in [0.2, 0.25) is 0 Å². The summed E-state index contributed by atoms with van der Waals surface area (Å²) >= 11 is 5.32. The Labute approximate surface area is 115 Å². The minimum atomic E-state index is -0.163. The summed E-state index contributed by atoms with van der Waals surface area (Å²) in [7, 11) is 0. The number of unbranched alkanes of at least 4 members (excludes halogenated alkanes) is 1. The molecule has 96 valence electrons. The Morgan fingerprint density at radius 2 is 1.89 bits per heavy atom. The van der Waals surface area contributed by atoms with Crippen molar-refractivity contribution < 1.29 is 5.11 Å². The number of hydrogen-bond donors (Lipinski definition) is 1. The van der Waals surface area contributed by atoms with Crippen molar-refractivity contribution in [3.05, 3.63) is 35.9 Å². The fraction of sp³-hybridized carbons (Fsp3) is 0.375. The highest BCUT2D eigenvalue weighted by atomic mass is 35.5. The lowest BCUT2D eigenvalue weighted by molar-refractivity contribution is 0.158. The molecule has 0 aromatic heterocycles. The lowest BCUT2D eigenvalue weighted by Crippen LogP contribution is -2.02. The van der Waals surface area contributed by atoms with Crippen LogP contribution in [0.4, 0.5) is 0 Å². The molecule has 2 heteroatoms. The fourth-order valence-corrected chi connectivity index (χ4v) is 1.20. The SMILES string of the molecule is CCC(O)CCC/C=C\C#CC#C/C=C\C=C/Cl. The van der Waals surface area contributed by atoms with Gasteiger partial charge in [0.1, 0.15) is 0 Å². The monoisotopic (exact) mass is 262 g/mol. The Kier molecular flexibility index (Phi) is 12.6. The topological polar surface area (TPSA) is 20.2 Å². The zero-order valence-corrected chi connectivity index (χ0v) is 11.5. The number of rotatable bonds is 6. The van der Waals surface area contributed by atoms with E-state index in [1.807, 2.05) is 13.0 Å². The predicted molar refractivity (Wildman–Crippen MR) is 79.0 cm³/mol. The van der Waals surface area contributed by atoms with Gasteiger partial charge in [0.25, 0.3) is 0 Å². The van der Waals surface area contributed by atoms with Gasteiger partial charge in [0, 0.05) is 5.54 Å². The molecule has 1 unspecified atom stereocenters. The van der Waals surface area contributed by atoms with E-state index in [2.05, 4.69) is 23.7 Å². The fourth-order valence-electron chi connectivity index (χ4n) is 1.12. The molecule has 18 heavy (non-hydrogen) atoms. The van der Waals surface area contributed by atoms with Crippen molar-refractivity contribution in [2.75, 3.05) is 0 Å². The van der Waals surface area contributed by atoms with Gasteiger partial charge < -0.3 is 5.11 Å². The van der Waals surface area contributed by atoms with E-state index >= 15 is 0 Å². The Balaban J connectivity index is 3.70. The van der Waals surface area contributed by atoms with Gasteiger partial charge >= 0.3 is 0 Å². The van der Waals surface area contributed by atoms with Crippen LogP contribution in [0, 0.1) is 23.7 Å². The lowest BCUT2D eigenvalue weighted by atomic mass is 10.1. The zero-order chi connectivity index (χ0) is 13.5. The highest BCUT2D eigenvalue weighted by Crippen LogP contribution is 2.03. The summed E-state index contributed by atoms with van der Waals surface area (Å²) in [5.74, 6) is 11.0. The smallest absolute Gasteiger partial charge is 0.0537 e. The third-order valence-corrected chi connectivity index (χ3v) is 2.30. The van der Waals surface area contributed by atoms with E-state index in [0.717, 1.165) is 25.7 Å². The van der Waals surface area contributed by atoms with Crippen molar-refractivity contribution >= 4 is 11.6 Å². The first-order valence-corrected chi connectivity index (χ1v) is 6.51. The van der Waals surface area contributed by atoms with Crippen molar-refractivity contribution in [3.8, 4) is 23.7 Å². The summed E-state index contributed by atoms with van der Waals surface area (Å²) in [6.07, 6.45) is 12.4. The summed E-state index contributed by atoms with van der Waals surface area (Å²) in [4.78, 5) is 0. The highest BCUT2D eigenvalue weighted by Gasteiger charge is 1.97. The van der Waals surface area contributed by atoms with Crippen LogP contribution in [0.1, 0.15) is 32.6 Å². The molecule has 0 aliphatic rings. The van der Waals surface area contributed by atoms with Crippen LogP contribution < -0.4 is 0 Å². The molecule has 0 saturated heterocycles. The molecule has 0 aliphatic heterocycles. The summed E-state index contributed by atoms with van der Waals surface area (Å²) in [5.41, 5.74) is 1.42. The van der Waals surface area contributed by atoms with E-state index in [9.17, 15) is 5.11 Å². The minimum absolute atomic E-state index is 0.163. The number of aliphatic hydroxyl groups excluding tert-OH is 1. The van der Waals surface area contributed by atoms with E-state index < -0.39 is 0 Å². The van der Waals surface area contributed by atoms with Crippen LogP contribution in [-0.2, 0) is 0 Å². The van der Waals surface area contributed by atoms with Crippen LogP contribution in [0.25, 0.3) is 0 Å². The molecule has 0 bridgehead atoms. The van der Waals surface area contributed by atoms with E-state index in [0.29, 0.717) is 0 Å². The summed E-state index contributed by atoms with van der Waals surface area (Å²) in [6, 6.07) is 0. The van der Waals surface area contributed by atoms with Gasteiger partial charge in [-0.1, -0.05) is 48.6 Å². The Morgan fingerprint density at radius 1 is 1.17 bits per heavy atom. The van der Waals surface area contributed by atoms with Crippen molar-refractivity contribution in [3.63, 3.8) is 0 Å². The van der Waals surface area contributed by atoms with Crippen molar-refractivity contribution in [1.82, 2.24) is 0 Å². The number of hydrogen-bond acceptors (Lipinski definition) is 1. The van der Waals surface area contributed by atoms with Crippen LogP contribution in [-0.4, -0.2) is 11.2 Å². The van der Waals surface area contributed by atoms with Gasteiger partial charge in [-0.2, -0.15) is 0 Å². The minimum Gasteiger partial charge on any atom is -0.393 e. The molecule has 0 rings (SSSR count). The van der Waals surface area contributed by atoms with Crippen LogP contribution in [0.15, 0.2) is 35.9 Å². The Hall–Kier alpha value is -1.41. The summed E-state index contributed by atoms with van der Waals surface area (Å²) in [5, 5.41) is 9.33. The molecular formula is C16H19ClO. The highest BCUT2D eigenvalue weighted by molar-refractivity contribution is 6.25. The quantitative estimate of drug-likeness (QED) is 0.439.